The lowest BCUT2D eigenvalue weighted by molar-refractivity contribution is 0.336. The number of pyridine rings is 1. The standard InChI is InChI=1S/C10H14N3O/c1-8-2-3-12-10(14)9(8)13-6-4-11-5-7-13/h2-3,11H,4-7H2,1H3. The van der Waals surface area contributed by atoms with Crippen LogP contribution in [-0.4, -0.2) is 31.2 Å². The molecule has 1 aliphatic rings. The van der Waals surface area contributed by atoms with Gasteiger partial charge in [0.05, 0.1) is 0 Å². The third-order valence-corrected chi connectivity index (χ3v) is 2.53. The maximum atomic E-state index is 11.6. The highest BCUT2D eigenvalue weighted by atomic mass is 16.3. The van der Waals surface area contributed by atoms with Gasteiger partial charge in [-0.1, -0.05) is 0 Å². The minimum Gasteiger partial charge on any atom is -0.364 e. The van der Waals surface area contributed by atoms with Crippen molar-refractivity contribution in [3.8, 4) is 5.88 Å². The summed E-state index contributed by atoms with van der Waals surface area (Å²) < 4.78 is 0. The van der Waals surface area contributed by atoms with Crippen LogP contribution in [-0.2, 0) is 5.11 Å². The Hall–Kier alpha value is -1.29. The summed E-state index contributed by atoms with van der Waals surface area (Å²) in [5, 5.41) is 14.8. The zero-order valence-corrected chi connectivity index (χ0v) is 8.29. The number of nitrogens with zero attached hydrogens (tertiary/aromatic N) is 2. The van der Waals surface area contributed by atoms with E-state index < -0.39 is 0 Å². The van der Waals surface area contributed by atoms with Crippen LogP contribution in [0.1, 0.15) is 5.56 Å². The molecule has 0 aromatic carbocycles. The maximum absolute atomic E-state index is 11.6. The lowest BCUT2D eigenvalue weighted by Gasteiger charge is -2.30. The Bertz CT molecular complexity index is 301. The van der Waals surface area contributed by atoms with Crippen LogP contribution in [0.5, 0.6) is 5.88 Å². The smallest absolute Gasteiger partial charge is 0.293 e. The first kappa shape index (κ1) is 9.27. The van der Waals surface area contributed by atoms with Gasteiger partial charge in [-0.25, -0.2) is 4.98 Å². The Kier molecular flexibility index (Phi) is 2.54. The Labute approximate surface area is 83.6 Å². The van der Waals surface area contributed by atoms with Crippen LogP contribution in [0.4, 0.5) is 5.69 Å². The van der Waals surface area contributed by atoms with Crippen LogP contribution in [0.2, 0.25) is 0 Å². The van der Waals surface area contributed by atoms with Crippen LogP contribution < -0.4 is 10.2 Å². The van der Waals surface area contributed by atoms with Crippen LogP contribution in [0.25, 0.3) is 0 Å². The minimum absolute atomic E-state index is 0.105. The third-order valence-electron chi connectivity index (χ3n) is 2.53. The van der Waals surface area contributed by atoms with Crippen molar-refractivity contribution in [2.24, 2.45) is 0 Å². The molecule has 1 aliphatic heterocycles. The van der Waals surface area contributed by atoms with Gasteiger partial charge < -0.3 is 10.2 Å². The van der Waals surface area contributed by atoms with E-state index >= 15 is 0 Å². The van der Waals surface area contributed by atoms with E-state index in [-0.39, 0.29) is 5.88 Å². The Balaban J connectivity index is 2.29. The molecule has 1 saturated heterocycles. The molecule has 14 heavy (non-hydrogen) atoms. The fraction of sp³-hybridized carbons (Fsp3) is 0.500. The maximum Gasteiger partial charge on any atom is 0.293 e. The number of piperazine rings is 1. The predicted octanol–water partition coefficient (Wildman–Crippen LogP) is 0.943. The number of aryl methyl sites for hydroxylation is 1. The van der Waals surface area contributed by atoms with Crippen molar-refractivity contribution in [2.75, 3.05) is 31.1 Å². The van der Waals surface area contributed by atoms with Gasteiger partial charge in [-0.15, -0.1) is 0 Å². The fourth-order valence-electron chi connectivity index (χ4n) is 1.80. The van der Waals surface area contributed by atoms with Gasteiger partial charge in [0.25, 0.3) is 5.88 Å². The molecule has 2 heterocycles. The number of aromatic nitrogens is 1. The Morgan fingerprint density at radius 2 is 2.14 bits per heavy atom. The largest absolute Gasteiger partial charge is 0.364 e. The van der Waals surface area contributed by atoms with Gasteiger partial charge in [-0.05, 0) is 18.6 Å². The normalized spacial score (nSPS) is 17.1. The van der Waals surface area contributed by atoms with Gasteiger partial charge in [-0.3, -0.25) is 5.11 Å². The molecule has 0 spiro atoms. The first-order chi connectivity index (χ1) is 6.79. The number of rotatable bonds is 1. The number of anilines is 1. The van der Waals surface area contributed by atoms with E-state index in [1.54, 1.807) is 6.20 Å². The van der Waals surface area contributed by atoms with Crippen molar-refractivity contribution in [1.82, 2.24) is 10.3 Å². The van der Waals surface area contributed by atoms with E-state index in [9.17, 15) is 5.11 Å². The molecular formula is C10H14N3O. The van der Waals surface area contributed by atoms with Gasteiger partial charge >= 0.3 is 0 Å². The van der Waals surface area contributed by atoms with E-state index in [1.165, 1.54) is 0 Å². The zero-order chi connectivity index (χ0) is 9.97. The lowest BCUT2D eigenvalue weighted by atomic mass is 10.2. The first-order valence-electron chi connectivity index (χ1n) is 4.87. The van der Waals surface area contributed by atoms with Crippen molar-refractivity contribution < 1.29 is 5.11 Å². The predicted molar refractivity (Wildman–Crippen MR) is 54.2 cm³/mol. The van der Waals surface area contributed by atoms with E-state index in [2.05, 4.69) is 15.2 Å². The highest BCUT2D eigenvalue weighted by molar-refractivity contribution is 5.59. The third kappa shape index (κ3) is 1.65. The second kappa shape index (κ2) is 3.84. The fourth-order valence-corrected chi connectivity index (χ4v) is 1.80. The Morgan fingerprint density at radius 3 is 2.79 bits per heavy atom. The van der Waals surface area contributed by atoms with E-state index in [1.807, 2.05) is 13.0 Å². The minimum atomic E-state index is -0.105. The summed E-state index contributed by atoms with van der Waals surface area (Å²) in [6, 6.07) is 1.89. The molecule has 0 saturated carbocycles. The molecule has 4 heteroatoms. The number of nitrogens with one attached hydrogen (secondary N) is 1. The monoisotopic (exact) mass is 192 g/mol. The summed E-state index contributed by atoms with van der Waals surface area (Å²) in [6.07, 6.45) is 1.57. The van der Waals surface area contributed by atoms with Crippen molar-refractivity contribution >= 4 is 5.69 Å². The van der Waals surface area contributed by atoms with Crippen molar-refractivity contribution in [3.63, 3.8) is 0 Å². The zero-order valence-electron chi connectivity index (χ0n) is 8.29. The van der Waals surface area contributed by atoms with Crippen LogP contribution in [0.15, 0.2) is 12.3 Å². The summed E-state index contributed by atoms with van der Waals surface area (Å²) in [4.78, 5) is 5.91. The molecule has 0 atom stereocenters. The van der Waals surface area contributed by atoms with E-state index in [0.29, 0.717) is 0 Å². The van der Waals surface area contributed by atoms with Crippen molar-refractivity contribution in [1.29, 1.82) is 0 Å². The molecule has 0 bridgehead atoms. The van der Waals surface area contributed by atoms with Gasteiger partial charge in [-0.2, -0.15) is 0 Å². The second-order valence-corrected chi connectivity index (χ2v) is 3.52. The summed E-state index contributed by atoms with van der Waals surface area (Å²) in [6.45, 7) is 5.62. The Morgan fingerprint density at radius 1 is 1.43 bits per heavy atom. The molecule has 75 valence electrons. The van der Waals surface area contributed by atoms with Gasteiger partial charge in [0.1, 0.15) is 5.69 Å². The average Bonchev–Trinajstić information content (AvgIpc) is 2.19. The molecule has 1 aromatic heterocycles. The van der Waals surface area contributed by atoms with E-state index in [0.717, 1.165) is 37.4 Å². The molecule has 1 N–H and O–H groups in total. The topological polar surface area (TPSA) is 48.1 Å². The summed E-state index contributed by atoms with van der Waals surface area (Å²) in [5.74, 6) is -0.105. The second-order valence-electron chi connectivity index (χ2n) is 3.52. The molecule has 1 aromatic rings. The van der Waals surface area contributed by atoms with Gasteiger partial charge in [0.15, 0.2) is 0 Å². The molecular weight excluding hydrogens is 178 g/mol. The lowest BCUT2D eigenvalue weighted by Crippen LogP contribution is -2.43. The van der Waals surface area contributed by atoms with E-state index in [4.69, 9.17) is 0 Å². The molecule has 0 unspecified atom stereocenters. The van der Waals surface area contributed by atoms with Crippen molar-refractivity contribution in [3.05, 3.63) is 17.8 Å². The van der Waals surface area contributed by atoms with Crippen LogP contribution in [0.3, 0.4) is 0 Å². The quantitative estimate of drug-likeness (QED) is 0.720. The number of hydrogen-bond acceptors (Lipinski definition) is 3. The molecule has 0 aliphatic carbocycles. The molecule has 0 amide bonds. The highest BCUT2D eigenvalue weighted by Gasteiger charge is 2.17. The molecule has 1 radical (unpaired) electrons. The van der Waals surface area contributed by atoms with Crippen LogP contribution >= 0.6 is 0 Å². The molecule has 2 rings (SSSR count). The molecule has 4 nitrogen and oxygen atoms in total. The van der Waals surface area contributed by atoms with Gasteiger partial charge in [0.2, 0.25) is 0 Å². The highest BCUT2D eigenvalue weighted by Crippen LogP contribution is 2.28. The number of hydrogen-bond donors (Lipinski definition) is 1. The average molecular weight is 192 g/mol. The first-order valence-corrected chi connectivity index (χ1v) is 4.87. The summed E-state index contributed by atoms with van der Waals surface area (Å²) >= 11 is 0. The SMILES string of the molecule is Cc1ccnc([O])c1N1CCNCC1. The van der Waals surface area contributed by atoms with Crippen molar-refractivity contribution in [2.45, 2.75) is 6.92 Å². The molecule has 1 fully saturated rings. The van der Waals surface area contributed by atoms with Gasteiger partial charge in [0, 0.05) is 32.4 Å². The summed E-state index contributed by atoms with van der Waals surface area (Å²) in [7, 11) is 0. The summed E-state index contributed by atoms with van der Waals surface area (Å²) in [5.41, 5.74) is 1.79. The van der Waals surface area contributed by atoms with Crippen LogP contribution in [0, 0.1) is 6.92 Å².